The second kappa shape index (κ2) is 61.6. The Balaban J connectivity index is 3.95. The smallest absolute Gasteiger partial charge is 0.462 e. The molecular formula is C67H114NO8P. The molecule has 0 aliphatic carbocycles. The summed E-state index contributed by atoms with van der Waals surface area (Å²) in [6, 6.07) is 0. The van der Waals surface area contributed by atoms with Crippen LogP contribution < -0.4 is 5.73 Å². The summed E-state index contributed by atoms with van der Waals surface area (Å²) < 4.78 is 33.1. The lowest BCUT2D eigenvalue weighted by atomic mass is 10.0. The number of esters is 2. The van der Waals surface area contributed by atoms with Gasteiger partial charge in [-0.05, 0) is 109 Å². The fourth-order valence-electron chi connectivity index (χ4n) is 8.27. The number of allylic oxidation sites excluding steroid dienone is 20. The lowest BCUT2D eigenvalue weighted by molar-refractivity contribution is -0.161. The van der Waals surface area contributed by atoms with Gasteiger partial charge in [0.25, 0.3) is 0 Å². The number of phosphoric ester groups is 1. The Morgan fingerprint density at radius 3 is 1.06 bits per heavy atom. The number of rotatable bonds is 57. The van der Waals surface area contributed by atoms with Gasteiger partial charge in [-0.25, -0.2) is 4.57 Å². The van der Waals surface area contributed by atoms with Gasteiger partial charge in [0.2, 0.25) is 0 Å². The molecule has 0 saturated carbocycles. The van der Waals surface area contributed by atoms with Crippen molar-refractivity contribution < 1.29 is 37.6 Å². The van der Waals surface area contributed by atoms with Gasteiger partial charge in [-0.2, -0.15) is 0 Å². The first-order chi connectivity index (χ1) is 37.8. The number of hydrogen-bond acceptors (Lipinski definition) is 8. The molecule has 3 N–H and O–H groups in total. The van der Waals surface area contributed by atoms with Crippen LogP contribution in [0.15, 0.2) is 122 Å². The number of carbonyl (C=O) groups is 2. The van der Waals surface area contributed by atoms with E-state index < -0.39 is 26.5 Å². The summed E-state index contributed by atoms with van der Waals surface area (Å²) in [4.78, 5) is 35.2. The maximum absolute atomic E-state index is 12.7. The zero-order chi connectivity index (χ0) is 55.9. The summed E-state index contributed by atoms with van der Waals surface area (Å²) >= 11 is 0. The summed E-state index contributed by atoms with van der Waals surface area (Å²) in [7, 11) is -4.40. The number of nitrogens with two attached hydrogens (primary N) is 1. The van der Waals surface area contributed by atoms with Crippen molar-refractivity contribution in [1.29, 1.82) is 0 Å². The zero-order valence-electron chi connectivity index (χ0n) is 49.2. The van der Waals surface area contributed by atoms with Crippen LogP contribution in [0.1, 0.15) is 258 Å². The average molecular weight is 1090 g/mol. The van der Waals surface area contributed by atoms with E-state index in [-0.39, 0.29) is 38.6 Å². The second-order valence-corrected chi connectivity index (χ2v) is 21.6. The van der Waals surface area contributed by atoms with Crippen molar-refractivity contribution in [3.63, 3.8) is 0 Å². The number of phosphoric acid groups is 1. The van der Waals surface area contributed by atoms with E-state index in [1.807, 2.05) is 0 Å². The van der Waals surface area contributed by atoms with Crippen LogP contribution in [0.25, 0.3) is 0 Å². The lowest BCUT2D eigenvalue weighted by Crippen LogP contribution is -2.29. The van der Waals surface area contributed by atoms with Crippen LogP contribution in [0.2, 0.25) is 0 Å². The molecule has 0 amide bonds. The predicted molar refractivity (Wildman–Crippen MR) is 330 cm³/mol. The van der Waals surface area contributed by atoms with E-state index >= 15 is 0 Å². The van der Waals surface area contributed by atoms with Crippen molar-refractivity contribution in [2.75, 3.05) is 26.4 Å². The molecule has 10 heteroatoms. The Labute approximate surface area is 472 Å². The average Bonchev–Trinajstić information content (AvgIpc) is 3.42. The second-order valence-electron chi connectivity index (χ2n) is 20.2. The summed E-state index contributed by atoms with van der Waals surface area (Å²) in [5, 5.41) is 0. The van der Waals surface area contributed by atoms with Crippen LogP contribution in [0.4, 0.5) is 0 Å². The minimum absolute atomic E-state index is 0.0478. The molecule has 0 aliphatic heterocycles. The summed E-state index contributed by atoms with van der Waals surface area (Å²) in [6.07, 6.45) is 85.4. The summed E-state index contributed by atoms with van der Waals surface area (Å²) in [5.41, 5.74) is 5.39. The summed E-state index contributed by atoms with van der Waals surface area (Å²) in [5.74, 6) is -0.836. The molecule has 0 spiro atoms. The molecule has 2 unspecified atom stereocenters. The normalized spacial score (nSPS) is 13.9. The molecule has 0 aromatic carbocycles. The van der Waals surface area contributed by atoms with Gasteiger partial charge in [-0.3, -0.25) is 18.6 Å². The van der Waals surface area contributed by atoms with Crippen LogP contribution in [0.3, 0.4) is 0 Å². The van der Waals surface area contributed by atoms with Gasteiger partial charge in [-0.1, -0.05) is 257 Å². The largest absolute Gasteiger partial charge is 0.472 e. The molecule has 77 heavy (non-hydrogen) atoms. The summed E-state index contributed by atoms with van der Waals surface area (Å²) in [6.45, 7) is 3.60. The Kier molecular flexibility index (Phi) is 58.7. The van der Waals surface area contributed by atoms with Crippen molar-refractivity contribution in [3.8, 4) is 0 Å². The van der Waals surface area contributed by atoms with Gasteiger partial charge < -0.3 is 20.1 Å². The van der Waals surface area contributed by atoms with E-state index in [0.717, 1.165) is 109 Å². The van der Waals surface area contributed by atoms with Crippen molar-refractivity contribution in [2.24, 2.45) is 5.73 Å². The molecule has 2 atom stereocenters. The van der Waals surface area contributed by atoms with Gasteiger partial charge in [0.1, 0.15) is 6.61 Å². The van der Waals surface area contributed by atoms with Gasteiger partial charge in [-0.15, -0.1) is 0 Å². The first-order valence-electron chi connectivity index (χ1n) is 31.0. The highest BCUT2D eigenvalue weighted by atomic mass is 31.2. The Morgan fingerprint density at radius 2 is 0.714 bits per heavy atom. The molecule has 0 aromatic rings. The van der Waals surface area contributed by atoms with Crippen molar-refractivity contribution >= 4 is 19.8 Å². The van der Waals surface area contributed by atoms with E-state index in [9.17, 15) is 19.0 Å². The number of carbonyl (C=O) groups excluding carboxylic acids is 2. The van der Waals surface area contributed by atoms with Gasteiger partial charge in [0, 0.05) is 19.4 Å². The standard InChI is InChI=1S/C67H114NO8P/c1-3-5-7-9-11-13-15-17-19-21-23-24-25-26-27-28-29-30-31-32-33-34-35-36-37-38-39-40-42-44-46-48-50-52-54-56-58-60-67(70)76-65(64-75-77(71,72)74-62-61-68)63-73-66(69)59-57-55-53-51-49-47-45-43-41-22-20-18-16-14-12-10-8-6-4-2/h5,7,11-14,17-20,23-24,26-27,29-30,32-33,35-36,65H,3-4,6,8-10,15-16,21-22,25,28,31,34,37-64,68H2,1-2H3,(H,71,72)/b7-5-,13-11-,14-12-,19-17-,20-18-,24-23-,27-26-,30-29-,33-32-,36-35-. The first kappa shape index (κ1) is 73.4. The predicted octanol–water partition coefficient (Wildman–Crippen LogP) is 20.0. The third-order valence-corrected chi connectivity index (χ3v) is 13.8. The fourth-order valence-corrected chi connectivity index (χ4v) is 9.04. The minimum Gasteiger partial charge on any atom is -0.462 e. The highest BCUT2D eigenvalue weighted by Crippen LogP contribution is 2.43. The highest BCUT2D eigenvalue weighted by molar-refractivity contribution is 7.47. The van der Waals surface area contributed by atoms with Crippen molar-refractivity contribution in [1.82, 2.24) is 0 Å². The van der Waals surface area contributed by atoms with E-state index in [1.54, 1.807) is 0 Å². The van der Waals surface area contributed by atoms with E-state index in [4.69, 9.17) is 24.3 Å². The van der Waals surface area contributed by atoms with Gasteiger partial charge in [0.05, 0.1) is 13.2 Å². The monoisotopic (exact) mass is 1090 g/mol. The SMILES string of the molecule is CC/C=C\C/C=C\C/C=C\C/C=C\C/C=C\C/C=C\C/C=C\C/C=C\CCCCCCCCCCCCCCC(=O)OC(COC(=O)CCCCCCCCCCC/C=C\C/C=C\CCCCC)COP(=O)(O)OCCN. The third kappa shape index (κ3) is 61.5. The zero-order valence-corrected chi connectivity index (χ0v) is 50.0. The molecule has 0 saturated heterocycles. The molecule has 0 aliphatic rings. The molecule has 0 radical (unpaired) electrons. The Hall–Kier alpha value is -3.59. The van der Waals surface area contributed by atoms with Crippen LogP contribution in [-0.4, -0.2) is 49.3 Å². The highest BCUT2D eigenvalue weighted by Gasteiger charge is 2.26. The van der Waals surface area contributed by atoms with Gasteiger partial charge in [0.15, 0.2) is 6.10 Å². The van der Waals surface area contributed by atoms with Crippen LogP contribution in [0, 0.1) is 0 Å². The molecule has 0 bridgehead atoms. The number of hydrogen-bond donors (Lipinski definition) is 2. The minimum atomic E-state index is -4.40. The molecule has 0 heterocycles. The van der Waals surface area contributed by atoms with Crippen LogP contribution in [0.5, 0.6) is 0 Å². The van der Waals surface area contributed by atoms with Crippen molar-refractivity contribution in [3.05, 3.63) is 122 Å². The van der Waals surface area contributed by atoms with Gasteiger partial charge >= 0.3 is 19.8 Å². The van der Waals surface area contributed by atoms with Crippen LogP contribution in [-0.2, 0) is 32.7 Å². The topological polar surface area (TPSA) is 134 Å². The molecule has 9 nitrogen and oxygen atoms in total. The fraction of sp³-hybridized carbons (Fsp3) is 0.672. The van der Waals surface area contributed by atoms with Crippen LogP contribution >= 0.6 is 7.82 Å². The molecule has 0 rings (SSSR count). The Morgan fingerprint density at radius 1 is 0.403 bits per heavy atom. The molecular weight excluding hydrogens is 978 g/mol. The maximum atomic E-state index is 12.7. The lowest BCUT2D eigenvalue weighted by Gasteiger charge is -2.19. The Bertz CT molecular complexity index is 1670. The number of ether oxygens (including phenoxy) is 2. The number of unbranched alkanes of at least 4 members (excludes halogenated alkanes) is 24. The first-order valence-corrected chi connectivity index (χ1v) is 32.5. The maximum Gasteiger partial charge on any atom is 0.472 e. The van der Waals surface area contributed by atoms with E-state index in [1.165, 1.54) is 116 Å². The van der Waals surface area contributed by atoms with E-state index in [0.29, 0.717) is 6.42 Å². The quantitative estimate of drug-likeness (QED) is 0.0264. The van der Waals surface area contributed by atoms with Crippen molar-refractivity contribution in [2.45, 2.75) is 264 Å². The third-order valence-electron chi connectivity index (χ3n) is 12.8. The molecule has 0 aromatic heterocycles. The van der Waals surface area contributed by atoms with E-state index in [2.05, 4.69) is 135 Å². The molecule has 440 valence electrons. The molecule has 0 fully saturated rings.